The first-order chi connectivity index (χ1) is 7.06. The summed E-state index contributed by atoms with van der Waals surface area (Å²) in [5.74, 6) is -0.888. The van der Waals surface area contributed by atoms with Crippen LogP contribution in [0, 0.1) is 0 Å². The lowest BCUT2D eigenvalue weighted by atomic mass is 10.2. The molecule has 0 radical (unpaired) electrons. The van der Waals surface area contributed by atoms with Gasteiger partial charge in [-0.1, -0.05) is 0 Å². The topological polar surface area (TPSA) is 75.6 Å². The van der Waals surface area contributed by atoms with E-state index in [9.17, 15) is 9.59 Å². The molecular weight excluding hydrogens is 198 g/mol. The van der Waals surface area contributed by atoms with Crippen molar-refractivity contribution in [3.05, 3.63) is 0 Å². The molecular formula is C10H19NO4. The molecule has 2 N–H and O–H groups in total. The predicted octanol–water partition coefficient (Wildman–Crippen LogP) is 0.782. The summed E-state index contributed by atoms with van der Waals surface area (Å²) >= 11 is 0. The zero-order chi connectivity index (χ0) is 11.7. The highest BCUT2D eigenvalue weighted by Crippen LogP contribution is 1.98. The molecule has 0 rings (SSSR count). The Kier molecular flexibility index (Phi) is 7.62. The summed E-state index contributed by atoms with van der Waals surface area (Å²) in [6.07, 6.45) is 1.66. The largest absolute Gasteiger partial charge is 0.481 e. The first-order valence-corrected chi connectivity index (χ1v) is 5.06. The molecule has 0 aromatic carbocycles. The molecule has 0 saturated heterocycles. The van der Waals surface area contributed by atoms with Crippen molar-refractivity contribution in [1.29, 1.82) is 0 Å². The monoisotopic (exact) mass is 217 g/mol. The van der Waals surface area contributed by atoms with Crippen molar-refractivity contribution in [2.75, 3.05) is 13.7 Å². The molecule has 0 bridgehead atoms. The highest BCUT2D eigenvalue weighted by atomic mass is 16.5. The number of carbonyl (C=O) groups is 2. The van der Waals surface area contributed by atoms with Crippen LogP contribution >= 0.6 is 0 Å². The number of ether oxygens (including phenoxy) is 1. The second-order valence-corrected chi connectivity index (χ2v) is 3.50. The number of carboxylic acid groups (broad SMARTS) is 1. The number of hydrogen-bond donors (Lipinski definition) is 2. The van der Waals surface area contributed by atoms with Crippen molar-refractivity contribution in [1.82, 2.24) is 5.32 Å². The highest BCUT2D eigenvalue weighted by Gasteiger charge is 2.08. The zero-order valence-corrected chi connectivity index (χ0v) is 9.28. The lowest BCUT2D eigenvalue weighted by Gasteiger charge is -2.12. The predicted molar refractivity (Wildman–Crippen MR) is 55.6 cm³/mol. The quantitative estimate of drug-likeness (QED) is 0.589. The molecule has 0 aromatic rings. The van der Waals surface area contributed by atoms with Gasteiger partial charge >= 0.3 is 5.97 Å². The highest BCUT2D eigenvalue weighted by molar-refractivity contribution is 5.76. The second-order valence-electron chi connectivity index (χ2n) is 3.50. The van der Waals surface area contributed by atoms with Crippen LogP contribution in [0.15, 0.2) is 0 Å². The molecule has 0 fully saturated rings. The molecule has 5 nitrogen and oxygen atoms in total. The fraction of sp³-hybridized carbons (Fsp3) is 0.800. The van der Waals surface area contributed by atoms with Gasteiger partial charge in [-0.3, -0.25) is 9.59 Å². The number of carboxylic acids is 1. The molecule has 88 valence electrons. The number of amides is 1. The molecule has 1 unspecified atom stereocenters. The van der Waals surface area contributed by atoms with Crippen LogP contribution in [0.3, 0.4) is 0 Å². The van der Waals surface area contributed by atoms with E-state index >= 15 is 0 Å². The molecule has 15 heavy (non-hydrogen) atoms. The summed E-state index contributed by atoms with van der Waals surface area (Å²) in [5.41, 5.74) is 0. The molecule has 0 aliphatic heterocycles. The van der Waals surface area contributed by atoms with Gasteiger partial charge in [0.2, 0.25) is 5.91 Å². The van der Waals surface area contributed by atoms with Crippen LogP contribution in [0.5, 0.6) is 0 Å². The van der Waals surface area contributed by atoms with E-state index in [-0.39, 0.29) is 18.4 Å². The maximum absolute atomic E-state index is 11.3. The average Bonchev–Trinajstić information content (AvgIpc) is 2.15. The Hall–Kier alpha value is -1.10. The van der Waals surface area contributed by atoms with Gasteiger partial charge in [0.05, 0.1) is 0 Å². The maximum atomic E-state index is 11.3. The SMILES string of the molecule is COCCCC(=O)NC(C)CCC(=O)O. The fourth-order valence-corrected chi connectivity index (χ4v) is 1.14. The zero-order valence-electron chi connectivity index (χ0n) is 9.28. The van der Waals surface area contributed by atoms with Gasteiger partial charge in [0, 0.05) is 32.6 Å². The minimum Gasteiger partial charge on any atom is -0.481 e. The minimum atomic E-state index is -0.838. The fourth-order valence-electron chi connectivity index (χ4n) is 1.14. The smallest absolute Gasteiger partial charge is 0.303 e. The Morgan fingerprint density at radius 2 is 2.07 bits per heavy atom. The second kappa shape index (κ2) is 8.23. The standard InChI is InChI=1S/C10H19NO4/c1-8(5-6-10(13)14)11-9(12)4-3-7-15-2/h8H,3-7H2,1-2H3,(H,11,12)(H,13,14). The molecule has 0 aromatic heterocycles. The van der Waals surface area contributed by atoms with E-state index in [1.165, 1.54) is 0 Å². The first kappa shape index (κ1) is 13.9. The van der Waals surface area contributed by atoms with E-state index < -0.39 is 5.97 Å². The Labute approximate surface area is 89.8 Å². The lowest BCUT2D eigenvalue weighted by Crippen LogP contribution is -2.32. The van der Waals surface area contributed by atoms with Crippen LogP contribution in [-0.4, -0.2) is 36.7 Å². The number of rotatable bonds is 8. The Morgan fingerprint density at radius 1 is 1.40 bits per heavy atom. The minimum absolute atomic E-state index is 0.0510. The van der Waals surface area contributed by atoms with Crippen molar-refractivity contribution in [3.63, 3.8) is 0 Å². The summed E-state index contributed by atoms with van der Waals surface area (Å²) in [7, 11) is 1.59. The van der Waals surface area contributed by atoms with Crippen molar-refractivity contribution in [2.24, 2.45) is 0 Å². The van der Waals surface area contributed by atoms with E-state index in [0.717, 1.165) is 0 Å². The summed E-state index contributed by atoms with van der Waals surface area (Å²) in [6, 6.07) is -0.0869. The van der Waals surface area contributed by atoms with Crippen molar-refractivity contribution >= 4 is 11.9 Å². The lowest BCUT2D eigenvalue weighted by molar-refractivity contribution is -0.137. The first-order valence-electron chi connectivity index (χ1n) is 5.06. The molecule has 1 atom stereocenters. The van der Waals surface area contributed by atoms with Gasteiger partial charge in [-0.05, 0) is 19.8 Å². The number of carbonyl (C=O) groups excluding carboxylic acids is 1. The van der Waals surface area contributed by atoms with E-state index in [1.807, 2.05) is 0 Å². The molecule has 0 aliphatic rings. The summed E-state index contributed by atoms with van der Waals surface area (Å²) in [6.45, 7) is 2.37. The summed E-state index contributed by atoms with van der Waals surface area (Å²) in [4.78, 5) is 21.5. The number of aliphatic carboxylic acids is 1. The molecule has 0 spiro atoms. The number of nitrogens with one attached hydrogen (secondary N) is 1. The van der Waals surface area contributed by atoms with E-state index in [1.54, 1.807) is 14.0 Å². The third-order valence-electron chi connectivity index (χ3n) is 1.95. The Bertz CT molecular complexity index is 206. The van der Waals surface area contributed by atoms with Gasteiger partial charge in [0.15, 0.2) is 0 Å². The van der Waals surface area contributed by atoms with Crippen molar-refractivity contribution in [3.8, 4) is 0 Å². The summed E-state index contributed by atoms with van der Waals surface area (Å²) in [5, 5.41) is 11.2. The Balaban J connectivity index is 3.53. The van der Waals surface area contributed by atoms with Crippen molar-refractivity contribution < 1.29 is 19.4 Å². The van der Waals surface area contributed by atoms with Gasteiger partial charge in [-0.25, -0.2) is 0 Å². The number of hydrogen-bond acceptors (Lipinski definition) is 3. The third kappa shape index (κ3) is 9.21. The Morgan fingerprint density at radius 3 is 2.60 bits per heavy atom. The number of methoxy groups -OCH3 is 1. The molecule has 0 saturated carbocycles. The molecule has 0 aliphatic carbocycles. The maximum Gasteiger partial charge on any atom is 0.303 e. The van der Waals surface area contributed by atoms with E-state index in [4.69, 9.17) is 9.84 Å². The van der Waals surface area contributed by atoms with Crippen LogP contribution in [0.1, 0.15) is 32.6 Å². The van der Waals surface area contributed by atoms with Crippen LogP contribution in [0.2, 0.25) is 0 Å². The van der Waals surface area contributed by atoms with Gasteiger partial charge in [0.1, 0.15) is 0 Å². The van der Waals surface area contributed by atoms with Gasteiger partial charge in [0.25, 0.3) is 0 Å². The third-order valence-corrected chi connectivity index (χ3v) is 1.95. The molecule has 5 heteroatoms. The average molecular weight is 217 g/mol. The normalized spacial score (nSPS) is 12.1. The van der Waals surface area contributed by atoms with Crippen LogP contribution in [0.25, 0.3) is 0 Å². The van der Waals surface area contributed by atoms with Crippen LogP contribution < -0.4 is 5.32 Å². The molecule has 1 amide bonds. The van der Waals surface area contributed by atoms with Gasteiger partial charge in [-0.15, -0.1) is 0 Å². The van der Waals surface area contributed by atoms with Crippen LogP contribution in [0.4, 0.5) is 0 Å². The van der Waals surface area contributed by atoms with E-state index in [2.05, 4.69) is 5.32 Å². The van der Waals surface area contributed by atoms with Crippen LogP contribution in [-0.2, 0) is 14.3 Å². The van der Waals surface area contributed by atoms with Crippen molar-refractivity contribution in [2.45, 2.75) is 38.6 Å². The summed E-state index contributed by atoms with van der Waals surface area (Å²) < 4.78 is 4.82. The van der Waals surface area contributed by atoms with Gasteiger partial charge < -0.3 is 15.2 Å². The molecule has 0 heterocycles. The van der Waals surface area contributed by atoms with Gasteiger partial charge in [-0.2, -0.15) is 0 Å². The van der Waals surface area contributed by atoms with E-state index in [0.29, 0.717) is 25.9 Å².